The molecular weight excluding hydrogens is 696 g/mol. The zero-order chi connectivity index (χ0) is 23.3. The number of nitrogens with one attached hydrogen (secondary N) is 1. The summed E-state index contributed by atoms with van der Waals surface area (Å²) in [4.78, 5) is 12.6. The van der Waals surface area contributed by atoms with Crippen LogP contribution < -0.4 is 10.1 Å². The highest BCUT2D eigenvalue weighted by Gasteiger charge is 2.15. The molecule has 0 saturated carbocycles. The molecule has 162 valence electrons. The van der Waals surface area contributed by atoms with E-state index in [0.29, 0.717) is 17.2 Å². The molecule has 1 amide bonds. The van der Waals surface area contributed by atoms with E-state index in [9.17, 15) is 10.1 Å². The zero-order valence-corrected chi connectivity index (χ0v) is 22.7. The molecule has 0 saturated heterocycles. The predicted octanol–water partition coefficient (Wildman–Crippen LogP) is 7.98. The van der Waals surface area contributed by atoms with E-state index in [-0.39, 0.29) is 21.3 Å². The molecule has 1 N–H and O–H groups in total. The molecule has 0 unspecified atom stereocenters. The summed E-state index contributed by atoms with van der Waals surface area (Å²) in [6.07, 6.45) is 1.51. The van der Waals surface area contributed by atoms with Crippen LogP contribution in [0.15, 0.2) is 60.2 Å². The summed E-state index contributed by atoms with van der Waals surface area (Å²) < 4.78 is 7.68. The minimum absolute atomic E-state index is 0.0811. The molecule has 9 heteroatoms. The van der Waals surface area contributed by atoms with E-state index in [2.05, 4.69) is 50.5 Å². The lowest BCUT2D eigenvalue weighted by Gasteiger charge is -2.12. The Labute approximate surface area is 227 Å². The maximum absolute atomic E-state index is 12.6. The number of nitrogens with zero attached hydrogens (tertiary/aromatic N) is 1. The van der Waals surface area contributed by atoms with Crippen LogP contribution in [-0.2, 0) is 11.4 Å². The third-order valence-corrected chi connectivity index (χ3v) is 6.68. The summed E-state index contributed by atoms with van der Waals surface area (Å²) in [6.45, 7) is 0.392. The topological polar surface area (TPSA) is 62.1 Å². The summed E-state index contributed by atoms with van der Waals surface area (Å²) in [5, 5.41) is 13.4. The SMILES string of the molecule is N#C/C(=C\c1cc(I)c(OCc2ccc(Cl)cc2)c(I)c1)C(=O)Nc1c(Cl)cccc1Cl. The number of hydrogen-bond donors (Lipinski definition) is 1. The van der Waals surface area contributed by atoms with Gasteiger partial charge in [-0.15, -0.1) is 0 Å². The van der Waals surface area contributed by atoms with Crippen molar-refractivity contribution in [1.29, 1.82) is 5.26 Å². The monoisotopic (exact) mass is 708 g/mol. The lowest BCUT2D eigenvalue weighted by molar-refractivity contribution is -0.112. The highest BCUT2D eigenvalue weighted by Crippen LogP contribution is 2.32. The predicted molar refractivity (Wildman–Crippen MR) is 146 cm³/mol. The van der Waals surface area contributed by atoms with Gasteiger partial charge in [0, 0.05) is 5.02 Å². The van der Waals surface area contributed by atoms with Crippen molar-refractivity contribution < 1.29 is 9.53 Å². The molecule has 0 heterocycles. The second kappa shape index (κ2) is 11.6. The first-order valence-corrected chi connectivity index (χ1v) is 12.3. The molecule has 3 aromatic carbocycles. The smallest absolute Gasteiger partial charge is 0.266 e. The van der Waals surface area contributed by atoms with Crippen LogP contribution in [0.1, 0.15) is 11.1 Å². The molecule has 0 aliphatic carbocycles. The summed E-state index contributed by atoms with van der Waals surface area (Å²) in [7, 11) is 0. The van der Waals surface area contributed by atoms with Crippen LogP contribution >= 0.6 is 80.0 Å². The maximum atomic E-state index is 12.6. The van der Waals surface area contributed by atoms with Gasteiger partial charge < -0.3 is 10.1 Å². The molecule has 3 rings (SSSR count). The molecule has 0 spiro atoms. The van der Waals surface area contributed by atoms with Crippen LogP contribution in [0.2, 0.25) is 15.1 Å². The molecule has 0 aliphatic heterocycles. The molecule has 0 fully saturated rings. The van der Waals surface area contributed by atoms with Crippen molar-refractivity contribution in [2.75, 3.05) is 5.32 Å². The zero-order valence-electron chi connectivity index (χ0n) is 16.1. The molecule has 0 aromatic heterocycles. The lowest BCUT2D eigenvalue weighted by atomic mass is 10.1. The number of hydrogen-bond acceptors (Lipinski definition) is 3. The van der Waals surface area contributed by atoms with Crippen LogP contribution in [0.5, 0.6) is 5.75 Å². The van der Waals surface area contributed by atoms with Gasteiger partial charge in [-0.2, -0.15) is 5.26 Å². The van der Waals surface area contributed by atoms with Crippen LogP contribution in [0.3, 0.4) is 0 Å². The van der Waals surface area contributed by atoms with E-state index in [0.717, 1.165) is 18.5 Å². The fourth-order valence-corrected chi connectivity index (χ4v) is 5.40. The highest BCUT2D eigenvalue weighted by molar-refractivity contribution is 14.1. The average Bonchev–Trinajstić information content (AvgIpc) is 2.75. The van der Waals surface area contributed by atoms with E-state index < -0.39 is 5.91 Å². The quantitative estimate of drug-likeness (QED) is 0.161. The number of amides is 1. The fraction of sp³-hybridized carbons (Fsp3) is 0.0435. The largest absolute Gasteiger partial charge is 0.487 e. The van der Waals surface area contributed by atoms with Crippen molar-refractivity contribution in [3.8, 4) is 11.8 Å². The van der Waals surface area contributed by atoms with Crippen molar-refractivity contribution in [1.82, 2.24) is 0 Å². The Bertz CT molecular complexity index is 1200. The van der Waals surface area contributed by atoms with E-state index in [4.69, 9.17) is 39.5 Å². The van der Waals surface area contributed by atoms with E-state index in [1.807, 2.05) is 42.5 Å². The Morgan fingerprint density at radius 2 is 1.62 bits per heavy atom. The second-order valence-corrected chi connectivity index (χ2v) is 10.0. The number of nitriles is 1. The Kier molecular flexibility index (Phi) is 9.08. The normalized spacial score (nSPS) is 11.1. The maximum Gasteiger partial charge on any atom is 0.266 e. The summed E-state index contributed by atoms with van der Waals surface area (Å²) in [5.41, 5.74) is 1.86. The first kappa shape index (κ1) is 25.1. The third-order valence-electron chi connectivity index (χ3n) is 4.19. The number of carbonyl (C=O) groups is 1. The lowest BCUT2D eigenvalue weighted by Crippen LogP contribution is -2.14. The summed E-state index contributed by atoms with van der Waals surface area (Å²) >= 11 is 22.4. The number of anilines is 1. The molecular formula is C23H13Cl3I2N2O2. The van der Waals surface area contributed by atoms with Crippen LogP contribution in [0.4, 0.5) is 5.69 Å². The van der Waals surface area contributed by atoms with Crippen LogP contribution in [-0.4, -0.2) is 5.91 Å². The summed E-state index contributed by atoms with van der Waals surface area (Å²) in [5.74, 6) is 0.125. The van der Waals surface area contributed by atoms with Gasteiger partial charge in [-0.05, 0) is 98.8 Å². The van der Waals surface area contributed by atoms with E-state index >= 15 is 0 Å². The minimum Gasteiger partial charge on any atom is -0.487 e. The van der Waals surface area contributed by atoms with Gasteiger partial charge >= 0.3 is 0 Å². The molecule has 4 nitrogen and oxygen atoms in total. The van der Waals surface area contributed by atoms with Crippen molar-refractivity contribution in [3.63, 3.8) is 0 Å². The van der Waals surface area contributed by atoms with Crippen molar-refractivity contribution in [2.45, 2.75) is 6.61 Å². The van der Waals surface area contributed by atoms with E-state index in [1.165, 1.54) is 6.08 Å². The molecule has 0 bridgehead atoms. The van der Waals surface area contributed by atoms with Gasteiger partial charge in [0.2, 0.25) is 0 Å². The van der Waals surface area contributed by atoms with E-state index in [1.54, 1.807) is 18.2 Å². The molecule has 0 aliphatic rings. The van der Waals surface area contributed by atoms with Crippen LogP contribution in [0.25, 0.3) is 6.08 Å². The Balaban J connectivity index is 1.79. The van der Waals surface area contributed by atoms with Gasteiger partial charge in [-0.1, -0.05) is 53.0 Å². The highest BCUT2D eigenvalue weighted by atomic mass is 127. The molecule has 32 heavy (non-hydrogen) atoms. The van der Waals surface area contributed by atoms with Crippen molar-refractivity contribution >= 4 is 97.7 Å². The number of halogens is 5. The van der Waals surface area contributed by atoms with Gasteiger partial charge in [-0.25, -0.2) is 0 Å². The van der Waals surface area contributed by atoms with Gasteiger partial charge in [0.05, 0.1) is 22.9 Å². The van der Waals surface area contributed by atoms with Crippen molar-refractivity contribution in [3.05, 3.63) is 93.5 Å². The standard InChI is InChI=1S/C23H13Cl3I2N2O2/c24-16-6-4-13(5-7-16)12-32-22-19(27)9-14(10-20(22)28)8-15(11-29)23(31)30-21-17(25)2-1-3-18(21)26/h1-10H,12H2,(H,30,31)/b15-8+. The number of ether oxygens (including phenoxy) is 1. The molecule has 3 aromatic rings. The first-order valence-electron chi connectivity index (χ1n) is 9.02. The van der Waals surface area contributed by atoms with Gasteiger partial charge in [0.1, 0.15) is 24.0 Å². The number of rotatable bonds is 6. The number of carbonyl (C=O) groups excluding carboxylic acids is 1. The minimum atomic E-state index is -0.601. The number of benzene rings is 3. The average molecular weight is 710 g/mol. The molecule has 0 atom stereocenters. The second-order valence-electron chi connectivity index (χ2n) is 6.45. The van der Waals surface area contributed by atoms with Crippen molar-refractivity contribution in [2.24, 2.45) is 0 Å². The Morgan fingerprint density at radius 3 is 2.19 bits per heavy atom. The Morgan fingerprint density at radius 1 is 1.03 bits per heavy atom. The summed E-state index contributed by atoms with van der Waals surface area (Å²) in [6, 6.07) is 17.9. The van der Waals surface area contributed by atoms with Gasteiger partial charge in [0.15, 0.2) is 0 Å². The van der Waals surface area contributed by atoms with Gasteiger partial charge in [0.25, 0.3) is 5.91 Å². The Hall–Kier alpha value is -1.51. The van der Waals surface area contributed by atoms with Gasteiger partial charge in [-0.3, -0.25) is 4.79 Å². The first-order chi connectivity index (χ1) is 15.3. The number of para-hydroxylation sites is 1. The fourth-order valence-electron chi connectivity index (χ4n) is 2.65. The molecule has 0 radical (unpaired) electrons. The third kappa shape index (κ3) is 6.51. The van der Waals surface area contributed by atoms with Crippen LogP contribution in [0, 0.1) is 18.5 Å².